The molecule has 0 atom stereocenters. The number of anilines is 1. The summed E-state index contributed by atoms with van der Waals surface area (Å²) >= 11 is 0. The van der Waals surface area contributed by atoms with Crippen LogP contribution in [0.25, 0.3) is 0 Å². The molecule has 1 aromatic rings. The zero-order valence-corrected chi connectivity index (χ0v) is 13.3. The van der Waals surface area contributed by atoms with Gasteiger partial charge in [0.25, 0.3) is 0 Å². The summed E-state index contributed by atoms with van der Waals surface area (Å²) < 4.78 is 0. The van der Waals surface area contributed by atoms with Crippen molar-refractivity contribution in [1.82, 2.24) is 15.5 Å². The summed E-state index contributed by atoms with van der Waals surface area (Å²) in [6.45, 7) is 10.1. The van der Waals surface area contributed by atoms with Gasteiger partial charge in [0.05, 0.1) is 5.69 Å². The largest absolute Gasteiger partial charge is 0.354 e. The van der Waals surface area contributed by atoms with Crippen LogP contribution in [0, 0.1) is 31.1 Å². The third kappa shape index (κ3) is 3.70. The van der Waals surface area contributed by atoms with Crippen LogP contribution in [-0.4, -0.2) is 36.4 Å². The molecule has 114 valence electrons. The molecule has 0 saturated carbocycles. The number of nitrogens with zero attached hydrogens (tertiary/aromatic N) is 4. The maximum absolute atomic E-state index is 9.49. The first-order valence-electron chi connectivity index (χ1n) is 7.87. The molecule has 0 unspecified atom stereocenters. The Kier molecular flexibility index (Phi) is 5.51. The van der Waals surface area contributed by atoms with Gasteiger partial charge in [0.15, 0.2) is 5.82 Å². The third-order valence-electron chi connectivity index (χ3n) is 4.28. The number of hydrogen-bond acceptors (Lipinski definition) is 5. The van der Waals surface area contributed by atoms with Gasteiger partial charge in [0, 0.05) is 13.1 Å². The second kappa shape index (κ2) is 7.37. The second-order valence-electron chi connectivity index (χ2n) is 5.86. The second-order valence-corrected chi connectivity index (χ2v) is 5.86. The molecule has 0 bridgehead atoms. The van der Waals surface area contributed by atoms with Gasteiger partial charge in [-0.3, -0.25) is 0 Å². The quantitative estimate of drug-likeness (QED) is 0.899. The van der Waals surface area contributed by atoms with E-state index in [1.807, 2.05) is 13.8 Å². The fourth-order valence-electron chi connectivity index (χ4n) is 2.88. The first-order chi connectivity index (χ1) is 10.2. The summed E-state index contributed by atoms with van der Waals surface area (Å²) in [5, 5.41) is 21.5. The minimum Gasteiger partial charge on any atom is -0.354 e. The van der Waals surface area contributed by atoms with Crippen molar-refractivity contribution in [1.29, 1.82) is 5.26 Å². The first-order valence-corrected chi connectivity index (χ1v) is 7.87. The molecule has 1 aliphatic rings. The van der Waals surface area contributed by atoms with Crippen LogP contribution in [-0.2, 0) is 0 Å². The van der Waals surface area contributed by atoms with Crippen LogP contribution in [0.3, 0.4) is 0 Å². The highest BCUT2D eigenvalue weighted by molar-refractivity contribution is 5.57. The van der Waals surface area contributed by atoms with E-state index in [0.29, 0.717) is 11.5 Å². The van der Waals surface area contributed by atoms with Crippen molar-refractivity contribution in [2.24, 2.45) is 5.92 Å². The lowest BCUT2D eigenvalue weighted by Gasteiger charge is -2.31. The van der Waals surface area contributed by atoms with Crippen molar-refractivity contribution in [3.05, 3.63) is 16.8 Å². The van der Waals surface area contributed by atoms with Gasteiger partial charge in [-0.05, 0) is 57.7 Å². The number of aromatic nitrogens is 2. The van der Waals surface area contributed by atoms with Crippen molar-refractivity contribution in [3.63, 3.8) is 0 Å². The van der Waals surface area contributed by atoms with Crippen LogP contribution < -0.4 is 10.2 Å². The predicted octanol–water partition coefficient (Wildman–Crippen LogP) is 2.18. The topological polar surface area (TPSA) is 64.8 Å². The van der Waals surface area contributed by atoms with E-state index in [2.05, 4.69) is 33.4 Å². The van der Waals surface area contributed by atoms with Gasteiger partial charge < -0.3 is 10.2 Å². The molecule has 0 aliphatic carbocycles. The van der Waals surface area contributed by atoms with Gasteiger partial charge in [-0.25, -0.2) is 0 Å². The van der Waals surface area contributed by atoms with Gasteiger partial charge >= 0.3 is 0 Å². The molecular formula is C16H25N5. The van der Waals surface area contributed by atoms with Crippen LogP contribution in [0.2, 0.25) is 0 Å². The van der Waals surface area contributed by atoms with E-state index in [0.717, 1.165) is 49.7 Å². The lowest BCUT2D eigenvalue weighted by atomic mass is 9.97. The molecule has 2 heterocycles. The Bertz CT molecular complexity index is 514. The van der Waals surface area contributed by atoms with Crippen molar-refractivity contribution < 1.29 is 0 Å². The van der Waals surface area contributed by atoms with Crippen LogP contribution in [0.4, 0.5) is 5.82 Å². The molecule has 1 N–H and O–H groups in total. The predicted molar refractivity (Wildman–Crippen MR) is 84.3 cm³/mol. The standard InChI is InChI=1S/C16H25N5/c1-4-9-21(11-14-5-7-18-8-6-14)16-15(10-17)12(2)13(3)19-20-16/h14,18H,4-9,11H2,1-3H3. The maximum atomic E-state index is 9.49. The summed E-state index contributed by atoms with van der Waals surface area (Å²) in [6, 6.07) is 2.32. The van der Waals surface area contributed by atoms with Gasteiger partial charge in [0.1, 0.15) is 11.6 Å². The molecule has 0 spiro atoms. The van der Waals surface area contributed by atoms with Crippen molar-refractivity contribution >= 4 is 5.82 Å². The Morgan fingerprint density at radius 1 is 1.29 bits per heavy atom. The number of rotatable bonds is 5. The van der Waals surface area contributed by atoms with E-state index >= 15 is 0 Å². The van der Waals surface area contributed by atoms with Crippen LogP contribution in [0.1, 0.15) is 43.0 Å². The average molecular weight is 287 g/mol. The lowest BCUT2D eigenvalue weighted by Crippen LogP contribution is -2.37. The Labute approximate surface area is 127 Å². The highest BCUT2D eigenvalue weighted by Crippen LogP contribution is 2.24. The van der Waals surface area contributed by atoms with Gasteiger partial charge in [0.2, 0.25) is 0 Å². The summed E-state index contributed by atoms with van der Waals surface area (Å²) in [5.41, 5.74) is 2.48. The summed E-state index contributed by atoms with van der Waals surface area (Å²) in [5.74, 6) is 1.44. The minimum atomic E-state index is 0.674. The molecule has 5 heteroatoms. The van der Waals surface area contributed by atoms with Crippen molar-refractivity contribution in [2.75, 3.05) is 31.1 Å². The molecule has 1 aliphatic heterocycles. The number of piperidine rings is 1. The number of hydrogen-bond donors (Lipinski definition) is 1. The molecule has 0 amide bonds. The molecule has 0 aromatic carbocycles. The van der Waals surface area contributed by atoms with Crippen LogP contribution in [0.5, 0.6) is 0 Å². The number of nitrogens with one attached hydrogen (secondary N) is 1. The fraction of sp³-hybridized carbons (Fsp3) is 0.688. The Morgan fingerprint density at radius 3 is 2.62 bits per heavy atom. The van der Waals surface area contributed by atoms with Crippen molar-refractivity contribution in [2.45, 2.75) is 40.0 Å². The highest BCUT2D eigenvalue weighted by Gasteiger charge is 2.21. The molecular weight excluding hydrogens is 262 g/mol. The number of nitriles is 1. The summed E-state index contributed by atoms with van der Waals surface area (Å²) in [7, 11) is 0. The zero-order chi connectivity index (χ0) is 15.2. The fourth-order valence-corrected chi connectivity index (χ4v) is 2.88. The van der Waals surface area contributed by atoms with E-state index in [1.165, 1.54) is 12.8 Å². The molecule has 1 saturated heterocycles. The molecule has 0 radical (unpaired) electrons. The van der Waals surface area contributed by atoms with Crippen LogP contribution in [0.15, 0.2) is 0 Å². The first kappa shape index (κ1) is 15.7. The summed E-state index contributed by atoms with van der Waals surface area (Å²) in [4.78, 5) is 2.26. The molecule has 1 fully saturated rings. The Morgan fingerprint density at radius 2 is 2.00 bits per heavy atom. The van der Waals surface area contributed by atoms with E-state index in [4.69, 9.17) is 0 Å². The van der Waals surface area contributed by atoms with Crippen molar-refractivity contribution in [3.8, 4) is 6.07 Å². The third-order valence-corrected chi connectivity index (χ3v) is 4.28. The maximum Gasteiger partial charge on any atom is 0.169 e. The normalized spacial score (nSPS) is 15.7. The molecule has 2 rings (SSSR count). The average Bonchev–Trinajstić information content (AvgIpc) is 2.50. The van der Waals surface area contributed by atoms with Gasteiger partial charge in [-0.1, -0.05) is 6.92 Å². The summed E-state index contributed by atoms with van der Waals surface area (Å²) in [6.07, 6.45) is 3.44. The molecule has 5 nitrogen and oxygen atoms in total. The Balaban J connectivity index is 2.25. The van der Waals surface area contributed by atoms with E-state index < -0.39 is 0 Å². The lowest BCUT2D eigenvalue weighted by molar-refractivity contribution is 0.372. The van der Waals surface area contributed by atoms with Gasteiger partial charge in [-0.15, -0.1) is 5.10 Å². The van der Waals surface area contributed by atoms with E-state index in [9.17, 15) is 5.26 Å². The van der Waals surface area contributed by atoms with E-state index in [-0.39, 0.29) is 0 Å². The van der Waals surface area contributed by atoms with Gasteiger partial charge in [-0.2, -0.15) is 10.4 Å². The highest BCUT2D eigenvalue weighted by atomic mass is 15.3. The smallest absolute Gasteiger partial charge is 0.169 e. The Hall–Kier alpha value is -1.67. The van der Waals surface area contributed by atoms with Crippen LogP contribution >= 0.6 is 0 Å². The minimum absolute atomic E-state index is 0.674. The molecule has 21 heavy (non-hydrogen) atoms. The monoisotopic (exact) mass is 287 g/mol. The van der Waals surface area contributed by atoms with E-state index in [1.54, 1.807) is 0 Å². The number of aryl methyl sites for hydroxylation is 1. The molecule has 1 aromatic heterocycles. The SMILES string of the molecule is CCCN(CC1CCNCC1)c1nnc(C)c(C)c1C#N. The zero-order valence-electron chi connectivity index (χ0n) is 13.3.